The van der Waals surface area contributed by atoms with Crippen molar-refractivity contribution >= 4 is 5.91 Å². The summed E-state index contributed by atoms with van der Waals surface area (Å²) in [7, 11) is 0. The Hall–Kier alpha value is -2.18. The minimum atomic E-state index is -0.288. The monoisotopic (exact) mass is 302 g/mol. The fourth-order valence-corrected chi connectivity index (χ4v) is 3.14. The van der Waals surface area contributed by atoms with Crippen LogP contribution in [0.2, 0.25) is 0 Å². The van der Waals surface area contributed by atoms with E-state index in [0.717, 1.165) is 25.9 Å². The van der Waals surface area contributed by atoms with Crippen LogP contribution in [0.25, 0.3) is 0 Å². The van der Waals surface area contributed by atoms with Crippen molar-refractivity contribution in [2.24, 2.45) is 5.92 Å². The van der Waals surface area contributed by atoms with Crippen molar-refractivity contribution in [1.29, 1.82) is 0 Å². The van der Waals surface area contributed by atoms with Gasteiger partial charge in [0, 0.05) is 25.5 Å². The first kappa shape index (κ1) is 14.7. The SMILES string of the molecule is CC(C)C(C(=O)N1CCCC(n2ccnc2)C1)n1cncn1. The Morgan fingerprint density at radius 3 is 2.77 bits per heavy atom. The highest BCUT2D eigenvalue weighted by atomic mass is 16.2. The summed E-state index contributed by atoms with van der Waals surface area (Å²) in [6.07, 6.45) is 10.8. The van der Waals surface area contributed by atoms with E-state index >= 15 is 0 Å². The average molecular weight is 302 g/mol. The Bertz CT molecular complexity index is 592. The third-order valence-electron chi connectivity index (χ3n) is 4.26. The number of amides is 1. The Morgan fingerprint density at radius 2 is 2.14 bits per heavy atom. The Kier molecular flexibility index (Phi) is 4.22. The molecule has 3 heterocycles. The predicted molar refractivity (Wildman–Crippen MR) is 81.0 cm³/mol. The van der Waals surface area contributed by atoms with Gasteiger partial charge in [-0.2, -0.15) is 5.10 Å². The highest BCUT2D eigenvalue weighted by molar-refractivity contribution is 5.80. The van der Waals surface area contributed by atoms with E-state index in [4.69, 9.17) is 0 Å². The first-order chi connectivity index (χ1) is 10.7. The molecule has 0 spiro atoms. The van der Waals surface area contributed by atoms with Crippen molar-refractivity contribution in [2.45, 2.75) is 38.8 Å². The molecule has 118 valence electrons. The summed E-state index contributed by atoms with van der Waals surface area (Å²) in [6, 6.07) is 0.0211. The molecule has 2 atom stereocenters. The number of imidazole rings is 1. The summed E-state index contributed by atoms with van der Waals surface area (Å²) in [6.45, 7) is 5.62. The smallest absolute Gasteiger partial charge is 0.247 e. The number of nitrogens with zero attached hydrogens (tertiary/aromatic N) is 6. The summed E-state index contributed by atoms with van der Waals surface area (Å²) < 4.78 is 3.77. The van der Waals surface area contributed by atoms with Crippen LogP contribution >= 0.6 is 0 Å². The van der Waals surface area contributed by atoms with Crippen LogP contribution in [-0.4, -0.2) is 48.2 Å². The Morgan fingerprint density at radius 1 is 1.27 bits per heavy atom. The maximum atomic E-state index is 13.0. The number of hydrogen-bond donors (Lipinski definition) is 0. The first-order valence-corrected chi connectivity index (χ1v) is 7.77. The zero-order valence-corrected chi connectivity index (χ0v) is 13.0. The zero-order valence-electron chi connectivity index (χ0n) is 13.0. The predicted octanol–water partition coefficient (Wildman–Crippen LogP) is 1.54. The van der Waals surface area contributed by atoms with Crippen molar-refractivity contribution < 1.29 is 4.79 Å². The Labute approximate surface area is 130 Å². The second kappa shape index (κ2) is 6.29. The number of rotatable bonds is 4. The van der Waals surface area contributed by atoms with Gasteiger partial charge in [0.05, 0.1) is 12.4 Å². The van der Waals surface area contributed by atoms with Gasteiger partial charge >= 0.3 is 0 Å². The lowest BCUT2D eigenvalue weighted by Gasteiger charge is -2.36. The fraction of sp³-hybridized carbons (Fsp3) is 0.600. The molecule has 2 aromatic rings. The summed E-state index contributed by atoms with van der Waals surface area (Å²) in [5.41, 5.74) is 0. The highest BCUT2D eigenvalue weighted by Crippen LogP contribution is 2.26. The van der Waals surface area contributed by atoms with Gasteiger partial charge in [-0.3, -0.25) is 4.79 Å². The molecule has 22 heavy (non-hydrogen) atoms. The summed E-state index contributed by atoms with van der Waals surface area (Å²) in [5, 5.41) is 4.17. The molecular formula is C15H22N6O. The maximum Gasteiger partial charge on any atom is 0.247 e. The lowest BCUT2D eigenvalue weighted by Crippen LogP contribution is -2.45. The van der Waals surface area contributed by atoms with Crippen molar-refractivity contribution in [3.05, 3.63) is 31.4 Å². The largest absolute Gasteiger partial charge is 0.339 e. The van der Waals surface area contributed by atoms with E-state index in [9.17, 15) is 4.79 Å². The van der Waals surface area contributed by atoms with Gasteiger partial charge < -0.3 is 9.47 Å². The third kappa shape index (κ3) is 2.88. The molecule has 1 saturated heterocycles. The molecule has 0 bridgehead atoms. The summed E-state index contributed by atoms with van der Waals surface area (Å²) in [5.74, 6) is 0.299. The van der Waals surface area contributed by atoms with Gasteiger partial charge in [-0.15, -0.1) is 0 Å². The van der Waals surface area contributed by atoms with E-state index in [1.807, 2.05) is 31.3 Å². The van der Waals surface area contributed by atoms with Gasteiger partial charge in [0.1, 0.15) is 18.7 Å². The molecule has 1 aliphatic heterocycles. The van der Waals surface area contributed by atoms with Gasteiger partial charge in [0.25, 0.3) is 0 Å². The van der Waals surface area contributed by atoms with Gasteiger partial charge in [-0.1, -0.05) is 13.8 Å². The molecular weight excluding hydrogens is 280 g/mol. The van der Waals surface area contributed by atoms with Crippen LogP contribution in [0, 0.1) is 5.92 Å². The third-order valence-corrected chi connectivity index (χ3v) is 4.26. The van der Waals surface area contributed by atoms with E-state index in [0.29, 0.717) is 6.04 Å². The quantitative estimate of drug-likeness (QED) is 0.859. The van der Waals surface area contributed by atoms with E-state index in [2.05, 4.69) is 19.6 Å². The van der Waals surface area contributed by atoms with Crippen LogP contribution in [0.1, 0.15) is 38.8 Å². The lowest BCUT2D eigenvalue weighted by molar-refractivity contribution is -0.138. The second-order valence-electron chi connectivity index (χ2n) is 6.15. The second-order valence-corrected chi connectivity index (χ2v) is 6.15. The molecule has 7 heteroatoms. The molecule has 7 nitrogen and oxygen atoms in total. The molecule has 3 rings (SSSR count). The topological polar surface area (TPSA) is 68.8 Å². The highest BCUT2D eigenvalue weighted by Gasteiger charge is 2.32. The van der Waals surface area contributed by atoms with Crippen LogP contribution in [0.5, 0.6) is 0 Å². The average Bonchev–Trinajstić information content (AvgIpc) is 3.21. The van der Waals surface area contributed by atoms with E-state index in [1.165, 1.54) is 6.33 Å². The number of carbonyl (C=O) groups is 1. The molecule has 1 aliphatic rings. The minimum Gasteiger partial charge on any atom is -0.339 e. The molecule has 0 radical (unpaired) electrons. The van der Waals surface area contributed by atoms with Crippen molar-refractivity contribution in [1.82, 2.24) is 29.2 Å². The van der Waals surface area contributed by atoms with Crippen LogP contribution in [0.3, 0.4) is 0 Å². The lowest BCUT2D eigenvalue weighted by atomic mass is 10.00. The molecule has 2 unspecified atom stereocenters. The number of likely N-dealkylation sites (tertiary alicyclic amines) is 1. The zero-order chi connectivity index (χ0) is 15.5. The number of carbonyl (C=O) groups excluding carboxylic acids is 1. The van der Waals surface area contributed by atoms with Crippen LogP contribution in [0.4, 0.5) is 0 Å². The van der Waals surface area contributed by atoms with Gasteiger partial charge in [-0.05, 0) is 18.8 Å². The number of aromatic nitrogens is 5. The van der Waals surface area contributed by atoms with Crippen LogP contribution in [-0.2, 0) is 4.79 Å². The minimum absolute atomic E-state index is 0.130. The summed E-state index contributed by atoms with van der Waals surface area (Å²) in [4.78, 5) is 23.0. The Balaban J connectivity index is 1.75. The van der Waals surface area contributed by atoms with E-state index in [-0.39, 0.29) is 17.9 Å². The van der Waals surface area contributed by atoms with Crippen molar-refractivity contribution in [3.63, 3.8) is 0 Å². The van der Waals surface area contributed by atoms with E-state index < -0.39 is 0 Å². The standard InChI is InChI=1S/C15H22N6O/c1-12(2)14(21-11-17-9-18-21)15(22)19-6-3-4-13(8-19)20-7-5-16-10-20/h5,7,9-14H,3-4,6,8H2,1-2H3. The first-order valence-electron chi connectivity index (χ1n) is 7.77. The summed E-state index contributed by atoms with van der Waals surface area (Å²) >= 11 is 0. The van der Waals surface area contributed by atoms with E-state index in [1.54, 1.807) is 17.2 Å². The van der Waals surface area contributed by atoms with Gasteiger partial charge in [-0.25, -0.2) is 14.6 Å². The van der Waals surface area contributed by atoms with Gasteiger partial charge in [0.15, 0.2) is 0 Å². The van der Waals surface area contributed by atoms with Gasteiger partial charge in [0.2, 0.25) is 5.91 Å². The van der Waals surface area contributed by atoms with Crippen LogP contribution < -0.4 is 0 Å². The normalized spacial score (nSPS) is 20.3. The van der Waals surface area contributed by atoms with Crippen LogP contribution in [0.15, 0.2) is 31.4 Å². The molecule has 0 N–H and O–H groups in total. The molecule has 0 aromatic carbocycles. The van der Waals surface area contributed by atoms with Crippen molar-refractivity contribution in [2.75, 3.05) is 13.1 Å². The maximum absolute atomic E-state index is 13.0. The molecule has 2 aromatic heterocycles. The number of piperidine rings is 1. The van der Waals surface area contributed by atoms with Crippen molar-refractivity contribution in [3.8, 4) is 0 Å². The molecule has 0 aliphatic carbocycles. The molecule has 0 saturated carbocycles. The molecule has 1 fully saturated rings. The molecule has 1 amide bonds. The fourth-order valence-electron chi connectivity index (χ4n) is 3.14. The number of hydrogen-bond acceptors (Lipinski definition) is 4.